The molecule has 0 aliphatic heterocycles. The molecular weight excluding hydrogens is 232 g/mol. The molecule has 94 valence electrons. The highest BCUT2D eigenvalue weighted by atomic mass is 16.5. The summed E-state index contributed by atoms with van der Waals surface area (Å²) in [6.45, 7) is 3.78. The number of nitrogens with zero attached hydrogens (tertiary/aromatic N) is 3. The van der Waals surface area contributed by atoms with Crippen molar-refractivity contribution in [3.63, 3.8) is 0 Å². The molecule has 2 N–H and O–H groups in total. The molecule has 0 bridgehead atoms. The molecule has 0 fully saturated rings. The van der Waals surface area contributed by atoms with Crippen molar-refractivity contribution in [2.75, 3.05) is 12.3 Å². The lowest BCUT2D eigenvalue weighted by molar-refractivity contribution is 0.0839. The maximum atomic E-state index is 11.8. The molecule has 1 aromatic carbocycles. The molecule has 0 spiro atoms. The summed E-state index contributed by atoms with van der Waals surface area (Å²) in [5.74, 6) is 0.443. The summed E-state index contributed by atoms with van der Waals surface area (Å²) in [7, 11) is 0. The third-order valence-electron chi connectivity index (χ3n) is 2.54. The number of hydrogen-bond acceptors (Lipinski definition) is 5. The van der Waals surface area contributed by atoms with Crippen molar-refractivity contribution in [1.82, 2.24) is 14.8 Å². The molecule has 0 amide bonds. The van der Waals surface area contributed by atoms with E-state index in [2.05, 4.69) is 10.2 Å². The summed E-state index contributed by atoms with van der Waals surface area (Å²) in [5, 5.41) is 7.08. The number of anilines is 1. The van der Waals surface area contributed by atoms with Crippen LogP contribution in [0.25, 0.3) is 0 Å². The van der Waals surface area contributed by atoms with E-state index in [0.717, 1.165) is 15.7 Å². The predicted octanol–water partition coefficient (Wildman–Crippen LogP) is 1.20. The Morgan fingerprint density at radius 2 is 2.22 bits per heavy atom. The van der Waals surface area contributed by atoms with Gasteiger partial charge in [-0.25, -0.2) is 4.57 Å². The predicted molar refractivity (Wildman–Crippen MR) is 66.5 cm³/mol. The molecule has 6 nitrogen and oxygen atoms in total. The smallest absolute Gasteiger partial charge is 0.272 e. The molecule has 0 aliphatic rings. The van der Waals surface area contributed by atoms with Crippen LogP contribution in [-0.4, -0.2) is 27.3 Å². The van der Waals surface area contributed by atoms with E-state index in [1.165, 1.54) is 6.33 Å². The van der Waals surface area contributed by atoms with Crippen molar-refractivity contribution in [2.24, 2.45) is 0 Å². The minimum atomic E-state index is -0.307. The fraction of sp³-hybridized carbons (Fsp3) is 0.250. The number of aryl methyl sites for hydroxylation is 2. The van der Waals surface area contributed by atoms with E-state index >= 15 is 0 Å². The lowest BCUT2D eigenvalue weighted by Crippen LogP contribution is -2.20. The number of ether oxygens (including phenoxy) is 1. The van der Waals surface area contributed by atoms with Crippen molar-refractivity contribution in [1.29, 1.82) is 0 Å². The molecule has 1 aromatic heterocycles. The molecule has 0 radical (unpaired) electrons. The van der Waals surface area contributed by atoms with Crippen molar-refractivity contribution in [2.45, 2.75) is 13.8 Å². The van der Waals surface area contributed by atoms with Crippen LogP contribution in [0, 0.1) is 13.8 Å². The first-order valence-corrected chi connectivity index (χ1v) is 5.46. The largest absolute Gasteiger partial charge is 0.483 e. The number of aromatic nitrogens is 3. The Kier molecular flexibility index (Phi) is 3.27. The third kappa shape index (κ3) is 2.48. The number of rotatable bonds is 3. The maximum Gasteiger partial charge on any atom is 0.272 e. The average Bonchev–Trinajstić information content (AvgIpc) is 2.76. The zero-order chi connectivity index (χ0) is 13.1. The number of nitrogen functional groups attached to an aromatic ring is 1. The Morgan fingerprint density at radius 1 is 1.44 bits per heavy atom. The second kappa shape index (κ2) is 4.87. The molecule has 18 heavy (non-hydrogen) atoms. The van der Waals surface area contributed by atoms with Crippen LogP contribution in [0.3, 0.4) is 0 Å². The summed E-state index contributed by atoms with van der Waals surface area (Å²) in [6.07, 6.45) is 1.27. The number of carbonyl (C=O) groups is 1. The van der Waals surface area contributed by atoms with Crippen molar-refractivity contribution in [3.8, 4) is 5.75 Å². The number of benzene rings is 1. The minimum absolute atomic E-state index is 0.0598. The first kappa shape index (κ1) is 12.1. The zero-order valence-electron chi connectivity index (χ0n) is 10.3. The summed E-state index contributed by atoms with van der Waals surface area (Å²) in [6, 6.07) is 5.82. The number of nitrogens with two attached hydrogens (primary N) is 1. The Hall–Kier alpha value is -2.37. The molecule has 2 rings (SSSR count). The van der Waals surface area contributed by atoms with Gasteiger partial charge in [-0.05, 0) is 31.0 Å². The third-order valence-corrected chi connectivity index (χ3v) is 2.54. The lowest BCUT2D eigenvalue weighted by Gasteiger charge is -2.09. The van der Waals surface area contributed by atoms with Crippen LogP contribution >= 0.6 is 0 Å². The van der Waals surface area contributed by atoms with Gasteiger partial charge in [-0.2, -0.15) is 0 Å². The summed E-state index contributed by atoms with van der Waals surface area (Å²) in [4.78, 5) is 11.8. The second-order valence-electron chi connectivity index (χ2n) is 4.01. The van der Waals surface area contributed by atoms with E-state index < -0.39 is 0 Å². The van der Waals surface area contributed by atoms with Gasteiger partial charge in [-0.1, -0.05) is 12.1 Å². The second-order valence-corrected chi connectivity index (χ2v) is 4.01. The van der Waals surface area contributed by atoms with Crippen molar-refractivity contribution < 1.29 is 9.53 Å². The van der Waals surface area contributed by atoms with Gasteiger partial charge in [0, 0.05) is 0 Å². The van der Waals surface area contributed by atoms with E-state index in [9.17, 15) is 4.79 Å². The van der Waals surface area contributed by atoms with Gasteiger partial charge in [-0.15, -0.1) is 10.2 Å². The Morgan fingerprint density at radius 3 is 2.89 bits per heavy atom. The van der Waals surface area contributed by atoms with Gasteiger partial charge in [0.05, 0.1) is 0 Å². The first-order valence-electron chi connectivity index (χ1n) is 5.46. The monoisotopic (exact) mass is 246 g/mol. The van der Waals surface area contributed by atoms with Gasteiger partial charge in [0.25, 0.3) is 5.91 Å². The molecular formula is C12H14N4O2. The van der Waals surface area contributed by atoms with E-state index in [4.69, 9.17) is 10.5 Å². The van der Waals surface area contributed by atoms with Crippen LogP contribution in [0.5, 0.6) is 5.75 Å². The highest BCUT2D eigenvalue weighted by Gasteiger charge is 2.10. The highest BCUT2D eigenvalue weighted by Crippen LogP contribution is 2.19. The van der Waals surface area contributed by atoms with Crippen molar-refractivity contribution in [3.05, 3.63) is 35.7 Å². The van der Waals surface area contributed by atoms with Gasteiger partial charge >= 0.3 is 0 Å². The molecule has 0 aliphatic carbocycles. The van der Waals surface area contributed by atoms with Gasteiger partial charge in [0.15, 0.2) is 6.61 Å². The summed E-state index contributed by atoms with van der Waals surface area (Å²) in [5.41, 5.74) is 7.53. The van der Waals surface area contributed by atoms with Gasteiger partial charge in [0.1, 0.15) is 12.1 Å². The quantitative estimate of drug-likeness (QED) is 0.879. The normalized spacial score (nSPS) is 10.3. The topological polar surface area (TPSA) is 83.0 Å². The number of hydrogen-bond donors (Lipinski definition) is 1. The van der Waals surface area contributed by atoms with Gasteiger partial charge < -0.3 is 10.5 Å². The Balaban J connectivity index is 2.06. The fourth-order valence-corrected chi connectivity index (χ4v) is 1.51. The van der Waals surface area contributed by atoms with Crippen LogP contribution in [0.4, 0.5) is 5.95 Å². The Labute approximate surface area is 104 Å². The van der Waals surface area contributed by atoms with E-state index in [1.807, 2.05) is 32.0 Å². The maximum absolute atomic E-state index is 11.8. The zero-order valence-corrected chi connectivity index (χ0v) is 10.3. The van der Waals surface area contributed by atoms with E-state index in [1.54, 1.807) is 0 Å². The SMILES string of the molecule is Cc1ccc(C)c(OCC(=O)n2cnnc2N)c1. The first-order chi connectivity index (χ1) is 8.58. The standard InChI is InChI=1S/C12H14N4O2/c1-8-3-4-9(2)10(5-8)18-6-11(17)16-7-14-15-12(16)13/h3-5,7H,6H2,1-2H3,(H2,13,15). The van der Waals surface area contributed by atoms with Gasteiger partial charge in [-0.3, -0.25) is 4.79 Å². The van der Waals surface area contributed by atoms with Crippen LogP contribution in [0.2, 0.25) is 0 Å². The number of carbonyl (C=O) groups excluding carboxylic acids is 1. The lowest BCUT2D eigenvalue weighted by atomic mass is 10.1. The average molecular weight is 246 g/mol. The molecule has 6 heteroatoms. The molecule has 1 heterocycles. The summed E-state index contributed by atoms with van der Waals surface area (Å²) >= 11 is 0. The van der Waals surface area contributed by atoms with E-state index in [0.29, 0.717) is 5.75 Å². The highest BCUT2D eigenvalue weighted by molar-refractivity contribution is 5.82. The molecule has 0 atom stereocenters. The van der Waals surface area contributed by atoms with E-state index in [-0.39, 0.29) is 18.5 Å². The molecule has 0 saturated heterocycles. The van der Waals surface area contributed by atoms with Crippen LogP contribution in [0.1, 0.15) is 15.9 Å². The Bertz CT molecular complexity index is 577. The summed E-state index contributed by atoms with van der Waals surface area (Å²) < 4.78 is 6.63. The molecule has 2 aromatic rings. The van der Waals surface area contributed by atoms with Crippen molar-refractivity contribution >= 4 is 11.9 Å². The molecule has 0 saturated carbocycles. The van der Waals surface area contributed by atoms with Crippen LogP contribution in [0.15, 0.2) is 24.5 Å². The van der Waals surface area contributed by atoms with Gasteiger partial charge in [0.2, 0.25) is 5.95 Å². The minimum Gasteiger partial charge on any atom is -0.483 e. The molecule has 0 unspecified atom stereocenters. The van der Waals surface area contributed by atoms with Crippen LogP contribution in [-0.2, 0) is 0 Å². The van der Waals surface area contributed by atoms with Crippen LogP contribution < -0.4 is 10.5 Å². The fourth-order valence-electron chi connectivity index (χ4n) is 1.51.